The number of halogens is 1. The number of hydrogen-bond acceptors (Lipinski definition) is 5. The number of thioether (sulfide) groups is 1. The van der Waals surface area contributed by atoms with E-state index in [4.69, 9.17) is 10.2 Å². The molecule has 0 saturated heterocycles. The molecule has 0 heterocycles. The van der Waals surface area contributed by atoms with Crippen molar-refractivity contribution in [1.29, 1.82) is 0 Å². The van der Waals surface area contributed by atoms with Gasteiger partial charge in [-0.05, 0) is 24.1 Å². The van der Waals surface area contributed by atoms with Crippen molar-refractivity contribution < 1.29 is 38.9 Å². The summed E-state index contributed by atoms with van der Waals surface area (Å²) >= 11 is 1.15. The van der Waals surface area contributed by atoms with Crippen molar-refractivity contribution in [3.05, 3.63) is 35.6 Å². The molecule has 5 N–H and O–H groups in total. The third kappa shape index (κ3) is 8.90. The van der Waals surface area contributed by atoms with E-state index >= 15 is 0 Å². The third-order valence-corrected chi connectivity index (χ3v) is 4.40. The van der Waals surface area contributed by atoms with Crippen LogP contribution in [-0.4, -0.2) is 57.1 Å². The summed E-state index contributed by atoms with van der Waals surface area (Å²) in [6, 6.07) is 1.98. The molecule has 0 fully saturated rings. The van der Waals surface area contributed by atoms with Crippen LogP contribution in [-0.2, 0) is 20.1 Å². The maximum Gasteiger partial charge on any atom is 0.327 e. The molecular formula is C16H19FN2O7S. The molecule has 1 aromatic rings. The lowest BCUT2D eigenvalue weighted by atomic mass is 10.1. The first-order chi connectivity index (χ1) is 12.7. The van der Waals surface area contributed by atoms with Crippen molar-refractivity contribution in [3.8, 4) is 0 Å². The Morgan fingerprint density at radius 2 is 1.67 bits per heavy atom. The predicted octanol–water partition coefficient (Wildman–Crippen LogP) is 1.13. The van der Waals surface area contributed by atoms with E-state index in [9.17, 15) is 28.7 Å². The van der Waals surface area contributed by atoms with Crippen molar-refractivity contribution in [2.45, 2.75) is 30.7 Å². The summed E-state index contributed by atoms with van der Waals surface area (Å²) < 4.78 is 13.1. The van der Waals surface area contributed by atoms with Crippen molar-refractivity contribution in [2.24, 2.45) is 0 Å². The van der Waals surface area contributed by atoms with Gasteiger partial charge in [0.1, 0.15) is 17.9 Å². The lowest BCUT2D eigenvalue weighted by molar-refractivity contribution is -0.140. The third-order valence-electron chi connectivity index (χ3n) is 3.30. The minimum absolute atomic E-state index is 0.0356. The molecule has 0 aromatic heterocycles. The van der Waals surface area contributed by atoms with Crippen molar-refractivity contribution in [3.63, 3.8) is 0 Å². The molecule has 0 aliphatic rings. The predicted molar refractivity (Wildman–Crippen MR) is 93.9 cm³/mol. The zero-order chi connectivity index (χ0) is 20.4. The molecule has 0 radical (unpaired) electrons. The molecule has 0 spiro atoms. The standard InChI is InChI=1S/C16H19FN2O7S/c17-10-3-1-2-9(6-10)7-27-8-12(15(24)25)19-16(26)18-11(14(22)23)4-5-13(20)21/h1-3,6,11-12H,4-5,7-8H2,(H,20,21)(H,22,23)(H,24,25)(H2,18,19,26). The highest BCUT2D eigenvalue weighted by molar-refractivity contribution is 7.98. The first-order valence-corrected chi connectivity index (χ1v) is 8.91. The van der Waals surface area contributed by atoms with Gasteiger partial charge in [0, 0.05) is 17.9 Å². The fourth-order valence-electron chi connectivity index (χ4n) is 1.98. The van der Waals surface area contributed by atoms with Gasteiger partial charge >= 0.3 is 23.9 Å². The average Bonchev–Trinajstić information content (AvgIpc) is 2.57. The molecule has 9 nitrogen and oxygen atoms in total. The van der Waals surface area contributed by atoms with E-state index in [1.54, 1.807) is 6.07 Å². The first kappa shape index (κ1) is 22.2. The summed E-state index contributed by atoms with van der Waals surface area (Å²) in [5.74, 6) is -4.11. The second kappa shape index (κ2) is 11.0. The molecule has 2 amide bonds. The van der Waals surface area contributed by atoms with Gasteiger partial charge in [-0.1, -0.05) is 12.1 Å². The second-order valence-corrected chi connectivity index (χ2v) is 6.51. The minimum atomic E-state index is -1.46. The Hall–Kier alpha value is -2.82. The van der Waals surface area contributed by atoms with Crippen LogP contribution in [0.15, 0.2) is 24.3 Å². The molecule has 27 heavy (non-hydrogen) atoms. The van der Waals surface area contributed by atoms with Gasteiger partial charge < -0.3 is 26.0 Å². The van der Waals surface area contributed by atoms with Crippen LogP contribution < -0.4 is 10.6 Å². The average molecular weight is 402 g/mol. The zero-order valence-corrected chi connectivity index (χ0v) is 14.9. The number of nitrogens with one attached hydrogen (secondary N) is 2. The van der Waals surface area contributed by atoms with Crippen LogP contribution in [0.25, 0.3) is 0 Å². The van der Waals surface area contributed by atoms with Gasteiger partial charge in [0.05, 0.1) is 0 Å². The molecule has 0 aliphatic heterocycles. The number of benzene rings is 1. The van der Waals surface area contributed by atoms with Gasteiger partial charge in [-0.25, -0.2) is 18.8 Å². The van der Waals surface area contributed by atoms with E-state index in [0.29, 0.717) is 11.3 Å². The van der Waals surface area contributed by atoms with Crippen LogP contribution in [0.2, 0.25) is 0 Å². The molecule has 1 aromatic carbocycles. The molecule has 1 rings (SSSR count). The molecule has 0 aliphatic carbocycles. The van der Waals surface area contributed by atoms with Crippen molar-refractivity contribution >= 4 is 35.7 Å². The number of carbonyl (C=O) groups is 4. The van der Waals surface area contributed by atoms with Crippen LogP contribution in [0.4, 0.5) is 9.18 Å². The topological polar surface area (TPSA) is 153 Å². The molecule has 11 heteroatoms. The molecular weight excluding hydrogens is 383 g/mol. The number of carboxylic acid groups (broad SMARTS) is 3. The Morgan fingerprint density at radius 3 is 2.22 bits per heavy atom. The number of rotatable bonds is 11. The molecule has 2 unspecified atom stereocenters. The van der Waals surface area contributed by atoms with Gasteiger partial charge in [0.25, 0.3) is 0 Å². The highest BCUT2D eigenvalue weighted by Gasteiger charge is 2.24. The SMILES string of the molecule is O=C(O)CCC(NC(=O)NC(CSCc1cccc(F)c1)C(=O)O)C(=O)O. The van der Waals surface area contributed by atoms with Crippen LogP contribution in [0.3, 0.4) is 0 Å². The molecule has 148 valence electrons. The fourth-order valence-corrected chi connectivity index (χ4v) is 2.97. The number of carboxylic acids is 3. The summed E-state index contributed by atoms with van der Waals surface area (Å²) in [7, 11) is 0. The summed E-state index contributed by atoms with van der Waals surface area (Å²) in [5.41, 5.74) is 0.646. The van der Waals surface area contributed by atoms with Crippen LogP contribution in [0, 0.1) is 5.82 Å². The van der Waals surface area contributed by atoms with Crippen molar-refractivity contribution in [2.75, 3.05) is 5.75 Å². The Kier molecular flexibility index (Phi) is 9.06. The Morgan fingerprint density at radius 1 is 1.04 bits per heavy atom. The largest absolute Gasteiger partial charge is 0.481 e. The number of hydrogen-bond donors (Lipinski definition) is 5. The highest BCUT2D eigenvalue weighted by Crippen LogP contribution is 2.14. The van der Waals surface area contributed by atoms with Gasteiger partial charge in [-0.3, -0.25) is 4.79 Å². The van der Waals surface area contributed by atoms with E-state index in [0.717, 1.165) is 11.8 Å². The molecule has 0 saturated carbocycles. The lowest BCUT2D eigenvalue weighted by Gasteiger charge is -2.18. The first-order valence-electron chi connectivity index (χ1n) is 7.75. The summed E-state index contributed by atoms with van der Waals surface area (Å²) in [4.78, 5) is 44.6. The van der Waals surface area contributed by atoms with E-state index in [2.05, 4.69) is 5.32 Å². The maximum absolute atomic E-state index is 13.1. The van der Waals surface area contributed by atoms with Crippen LogP contribution in [0.1, 0.15) is 18.4 Å². The summed E-state index contributed by atoms with van der Waals surface area (Å²) in [6.45, 7) is 0. The molecule has 0 bridgehead atoms. The number of amides is 2. The Balaban J connectivity index is 2.54. The van der Waals surface area contributed by atoms with Crippen LogP contribution >= 0.6 is 11.8 Å². The smallest absolute Gasteiger partial charge is 0.327 e. The van der Waals surface area contributed by atoms with E-state index in [1.807, 2.05) is 5.32 Å². The van der Waals surface area contributed by atoms with E-state index < -0.39 is 48.3 Å². The number of carbonyl (C=O) groups excluding carboxylic acids is 1. The summed E-state index contributed by atoms with van der Waals surface area (Å²) in [6.07, 6.45) is -0.812. The van der Waals surface area contributed by atoms with Gasteiger partial charge in [0.15, 0.2) is 0 Å². The maximum atomic E-state index is 13.1. The normalized spacial score (nSPS) is 12.6. The van der Waals surface area contributed by atoms with Gasteiger partial charge in [0.2, 0.25) is 0 Å². The quantitative estimate of drug-likeness (QED) is 0.369. The second-order valence-electron chi connectivity index (χ2n) is 5.48. The zero-order valence-electron chi connectivity index (χ0n) is 14.1. The minimum Gasteiger partial charge on any atom is -0.481 e. The number of urea groups is 1. The van der Waals surface area contributed by atoms with Gasteiger partial charge in [-0.15, -0.1) is 0 Å². The molecule has 2 atom stereocenters. The Labute approximate surface area is 157 Å². The number of aliphatic carboxylic acids is 3. The van der Waals surface area contributed by atoms with Crippen molar-refractivity contribution in [1.82, 2.24) is 10.6 Å². The highest BCUT2D eigenvalue weighted by atomic mass is 32.2. The monoisotopic (exact) mass is 402 g/mol. The summed E-state index contributed by atoms with van der Waals surface area (Å²) in [5, 5.41) is 30.9. The fraction of sp³-hybridized carbons (Fsp3) is 0.375. The Bertz CT molecular complexity index is 701. The van der Waals surface area contributed by atoms with Crippen LogP contribution in [0.5, 0.6) is 0 Å². The lowest BCUT2D eigenvalue weighted by Crippen LogP contribution is -2.52. The van der Waals surface area contributed by atoms with E-state index in [-0.39, 0.29) is 12.2 Å². The van der Waals surface area contributed by atoms with Gasteiger partial charge in [-0.2, -0.15) is 11.8 Å². The van der Waals surface area contributed by atoms with E-state index in [1.165, 1.54) is 18.2 Å².